The first-order chi connectivity index (χ1) is 7.40. The van der Waals surface area contributed by atoms with Gasteiger partial charge in [0.25, 0.3) is 0 Å². The third-order valence-corrected chi connectivity index (χ3v) is 3.60. The lowest BCUT2D eigenvalue weighted by molar-refractivity contribution is 0.00594. The zero-order valence-corrected chi connectivity index (χ0v) is 9.87. The lowest BCUT2D eigenvalue weighted by Crippen LogP contribution is -2.51. The van der Waals surface area contributed by atoms with Crippen LogP contribution in [0.1, 0.15) is 32.6 Å². The number of hydrogen-bond acceptors (Lipinski definition) is 3. The maximum absolute atomic E-state index is 5.57. The molecule has 0 aromatic carbocycles. The smallest absolute Gasteiger partial charge is 0.0621 e. The molecule has 0 radical (unpaired) electrons. The molecule has 2 aliphatic rings. The van der Waals surface area contributed by atoms with E-state index >= 15 is 0 Å². The van der Waals surface area contributed by atoms with E-state index in [1.54, 1.807) is 0 Å². The number of likely N-dealkylation sites (N-methyl/N-ethyl adjacent to an activating group) is 1. The van der Waals surface area contributed by atoms with Crippen LogP contribution in [-0.2, 0) is 4.74 Å². The second-order valence-electron chi connectivity index (χ2n) is 4.76. The van der Waals surface area contributed by atoms with Gasteiger partial charge in [-0.2, -0.15) is 0 Å². The predicted molar refractivity (Wildman–Crippen MR) is 62.1 cm³/mol. The molecule has 2 atom stereocenters. The van der Waals surface area contributed by atoms with Gasteiger partial charge in [0, 0.05) is 25.2 Å². The Labute approximate surface area is 93.2 Å². The zero-order chi connectivity index (χ0) is 10.5. The van der Waals surface area contributed by atoms with E-state index in [0.717, 1.165) is 19.8 Å². The summed E-state index contributed by atoms with van der Waals surface area (Å²) >= 11 is 0. The van der Waals surface area contributed by atoms with Crippen molar-refractivity contribution in [2.24, 2.45) is 0 Å². The number of rotatable bonds is 3. The normalized spacial score (nSPS) is 34.2. The topological polar surface area (TPSA) is 24.5 Å². The van der Waals surface area contributed by atoms with Crippen LogP contribution in [0, 0.1) is 0 Å². The van der Waals surface area contributed by atoms with Crippen molar-refractivity contribution in [3.05, 3.63) is 0 Å². The van der Waals surface area contributed by atoms with Crippen molar-refractivity contribution < 1.29 is 4.74 Å². The lowest BCUT2D eigenvalue weighted by Gasteiger charge is -2.39. The molecule has 2 aliphatic heterocycles. The van der Waals surface area contributed by atoms with Crippen LogP contribution in [0.3, 0.4) is 0 Å². The summed E-state index contributed by atoms with van der Waals surface area (Å²) in [6.07, 6.45) is 5.26. The minimum atomic E-state index is 0.695. The Hall–Kier alpha value is -0.120. The molecule has 0 aliphatic carbocycles. The van der Waals surface area contributed by atoms with Gasteiger partial charge in [-0.15, -0.1) is 0 Å². The van der Waals surface area contributed by atoms with Crippen molar-refractivity contribution >= 4 is 0 Å². The van der Waals surface area contributed by atoms with Gasteiger partial charge < -0.3 is 10.1 Å². The Morgan fingerprint density at radius 3 is 3.00 bits per heavy atom. The zero-order valence-electron chi connectivity index (χ0n) is 9.87. The van der Waals surface area contributed by atoms with Crippen LogP contribution >= 0.6 is 0 Å². The van der Waals surface area contributed by atoms with Gasteiger partial charge in [0.05, 0.1) is 6.61 Å². The van der Waals surface area contributed by atoms with Gasteiger partial charge in [0.1, 0.15) is 0 Å². The first-order valence-electron chi connectivity index (χ1n) is 6.45. The molecule has 0 bridgehead atoms. The molecule has 3 nitrogen and oxygen atoms in total. The standard InChI is InChI=1S/C12H24N2O/c1-2-13-11-5-3-7-14(9-11)12-6-4-8-15-10-12/h11-13H,2-10H2,1H3. The van der Waals surface area contributed by atoms with Crippen LogP contribution in [-0.4, -0.2) is 49.8 Å². The maximum Gasteiger partial charge on any atom is 0.0621 e. The lowest BCUT2D eigenvalue weighted by atomic mass is 10.0. The average molecular weight is 212 g/mol. The summed E-state index contributed by atoms with van der Waals surface area (Å²) in [5, 5.41) is 3.57. The Balaban J connectivity index is 1.80. The highest BCUT2D eigenvalue weighted by Crippen LogP contribution is 2.18. The van der Waals surface area contributed by atoms with Gasteiger partial charge in [0.15, 0.2) is 0 Å². The first kappa shape index (κ1) is 11.4. The Kier molecular flexibility index (Phi) is 4.42. The molecule has 1 N–H and O–H groups in total. The van der Waals surface area contributed by atoms with Crippen molar-refractivity contribution in [2.45, 2.75) is 44.7 Å². The van der Waals surface area contributed by atoms with Crippen LogP contribution in [0.5, 0.6) is 0 Å². The number of piperidine rings is 1. The fourth-order valence-corrected chi connectivity index (χ4v) is 2.81. The van der Waals surface area contributed by atoms with Crippen LogP contribution in [0.2, 0.25) is 0 Å². The molecule has 3 heteroatoms. The molecule has 88 valence electrons. The second-order valence-corrected chi connectivity index (χ2v) is 4.76. The minimum Gasteiger partial charge on any atom is -0.380 e. The molecule has 0 aromatic heterocycles. The molecule has 15 heavy (non-hydrogen) atoms. The summed E-state index contributed by atoms with van der Waals surface area (Å²) in [4.78, 5) is 2.63. The van der Waals surface area contributed by atoms with E-state index in [0.29, 0.717) is 12.1 Å². The number of nitrogens with one attached hydrogen (secondary N) is 1. The van der Waals surface area contributed by atoms with Gasteiger partial charge in [-0.3, -0.25) is 4.90 Å². The van der Waals surface area contributed by atoms with Crippen LogP contribution in [0.25, 0.3) is 0 Å². The van der Waals surface area contributed by atoms with Crippen LogP contribution in [0.15, 0.2) is 0 Å². The molecule has 0 amide bonds. The number of hydrogen-bond donors (Lipinski definition) is 1. The summed E-state index contributed by atoms with van der Waals surface area (Å²) in [7, 11) is 0. The van der Waals surface area contributed by atoms with Gasteiger partial charge >= 0.3 is 0 Å². The third kappa shape index (κ3) is 3.16. The molecule has 0 saturated carbocycles. The van der Waals surface area contributed by atoms with Crippen molar-refractivity contribution in [3.63, 3.8) is 0 Å². The molecular formula is C12H24N2O. The van der Waals surface area contributed by atoms with Crippen molar-refractivity contribution in [1.82, 2.24) is 10.2 Å². The third-order valence-electron chi connectivity index (χ3n) is 3.60. The molecule has 2 fully saturated rings. The molecule has 2 heterocycles. The molecule has 0 spiro atoms. The van der Waals surface area contributed by atoms with E-state index in [-0.39, 0.29) is 0 Å². The van der Waals surface area contributed by atoms with E-state index in [4.69, 9.17) is 4.74 Å². The molecule has 2 saturated heterocycles. The van der Waals surface area contributed by atoms with Gasteiger partial charge in [-0.1, -0.05) is 6.92 Å². The summed E-state index contributed by atoms with van der Waals surface area (Å²) in [5.74, 6) is 0. The highest BCUT2D eigenvalue weighted by atomic mass is 16.5. The van der Waals surface area contributed by atoms with Gasteiger partial charge in [0.2, 0.25) is 0 Å². The monoisotopic (exact) mass is 212 g/mol. The molecule has 2 unspecified atom stereocenters. The van der Waals surface area contributed by atoms with E-state index in [1.807, 2.05) is 0 Å². The van der Waals surface area contributed by atoms with Gasteiger partial charge in [-0.05, 0) is 38.8 Å². The maximum atomic E-state index is 5.57. The van der Waals surface area contributed by atoms with Crippen molar-refractivity contribution in [2.75, 3.05) is 32.8 Å². The summed E-state index contributed by atoms with van der Waals surface area (Å²) in [6, 6.07) is 1.41. The Morgan fingerprint density at radius 2 is 2.27 bits per heavy atom. The summed E-state index contributed by atoms with van der Waals surface area (Å²) in [6.45, 7) is 7.72. The van der Waals surface area contributed by atoms with E-state index in [1.165, 1.54) is 38.8 Å². The fraction of sp³-hybridized carbons (Fsp3) is 1.00. The highest BCUT2D eigenvalue weighted by molar-refractivity contribution is 4.83. The quantitative estimate of drug-likeness (QED) is 0.762. The number of nitrogens with zero attached hydrogens (tertiary/aromatic N) is 1. The second kappa shape index (κ2) is 5.83. The van der Waals surface area contributed by atoms with Gasteiger partial charge in [-0.25, -0.2) is 0 Å². The van der Waals surface area contributed by atoms with Crippen LogP contribution in [0.4, 0.5) is 0 Å². The predicted octanol–water partition coefficient (Wildman–Crippen LogP) is 1.24. The van der Waals surface area contributed by atoms with E-state index < -0.39 is 0 Å². The van der Waals surface area contributed by atoms with E-state index in [2.05, 4.69) is 17.1 Å². The Bertz CT molecular complexity index is 178. The summed E-state index contributed by atoms with van der Waals surface area (Å²) < 4.78 is 5.57. The fourth-order valence-electron chi connectivity index (χ4n) is 2.81. The Morgan fingerprint density at radius 1 is 1.33 bits per heavy atom. The summed E-state index contributed by atoms with van der Waals surface area (Å²) in [5.41, 5.74) is 0. The molecule has 0 aromatic rings. The number of likely N-dealkylation sites (tertiary alicyclic amines) is 1. The SMILES string of the molecule is CCNC1CCCN(C2CCCOC2)C1. The van der Waals surface area contributed by atoms with E-state index in [9.17, 15) is 0 Å². The number of ether oxygens (including phenoxy) is 1. The van der Waals surface area contributed by atoms with Crippen LogP contribution < -0.4 is 5.32 Å². The average Bonchev–Trinajstić information content (AvgIpc) is 2.31. The van der Waals surface area contributed by atoms with Crippen molar-refractivity contribution in [1.29, 1.82) is 0 Å². The largest absolute Gasteiger partial charge is 0.380 e. The molecule has 2 rings (SSSR count). The minimum absolute atomic E-state index is 0.695. The first-order valence-corrected chi connectivity index (χ1v) is 6.45. The highest BCUT2D eigenvalue weighted by Gasteiger charge is 2.26. The molecular weight excluding hydrogens is 188 g/mol. The van der Waals surface area contributed by atoms with Crippen molar-refractivity contribution in [3.8, 4) is 0 Å².